The highest BCUT2D eigenvalue weighted by Crippen LogP contribution is 2.25. The summed E-state index contributed by atoms with van der Waals surface area (Å²) in [6, 6.07) is 9.53. The molecule has 2 aromatic rings. The Kier molecular flexibility index (Phi) is 5.32. The Balaban J connectivity index is 1.29. The molecule has 1 fully saturated rings. The number of fused-ring (bicyclic) bond motifs is 1. The summed E-state index contributed by atoms with van der Waals surface area (Å²) in [4.78, 5) is 14.4. The van der Waals surface area contributed by atoms with Crippen molar-refractivity contribution in [1.82, 2.24) is 9.21 Å². The molecule has 8 heteroatoms. The van der Waals surface area contributed by atoms with Crippen molar-refractivity contribution in [2.75, 3.05) is 38.0 Å². The Morgan fingerprint density at radius 2 is 1.85 bits per heavy atom. The maximum Gasteiger partial charge on any atom is 0.252 e. The van der Waals surface area contributed by atoms with Crippen molar-refractivity contribution in [1.29, 1.82) is 0 Å². The van der Waals surface area contributed by atoms with E-state index in [9.17, 15) is 13.2 Å². The monoisotopic (exact) mass is 405 g/mol. The third kappa shape index (κ3) is 4.08. The molecule has 1 amide bonds. The van der Waals surface area contributed by atoms with E-state index in [4.69, 9.17) is 0 Å². The molecule has 0 unspecified atom stereocenters. The molecule has 4 rings (SSSR count). The van der Waals surface area contributed by atoms with Gasteiger partial charge in [-0.05, 0) is 54.0 Å². The molecule has 0 spiro atoms. The predicted molar refractivity (Wildman–Crippen MR) is 107 cm³/mol. The van der Waals surface area contributed by atoms with Crippen LogP contribution in [0.3, 0.4) is 0 Å². The zero-order valence-corrected chi connectivity index (χ0v) is 16.7. The molecular formula is C19H23N3O3S2. The van der Waals surface area contributed by atoms with Crippen molar-refractivity contribution >= 4 is 33.0 Å². The van der Waals surface area contributed by atoms with Crippen molar-refractivity contribution in [2.45, 2.75) is 23.5 Å². The van der Waals surface area contributed by atoms with Gasteiger partial charge in [0.1, 0.15) is 4.21 Å². The van der Waals surface area contributed by atoms with Crippen LogP contribution in [0.2, 0.25) is 0 Å². The van der Waals surface area contributed by atoms with Gasteiger partial charge < -0.3 is 5.32 Å². The smallest absolute Gasteiger partial charge is 0.252 e. The topological polar surface area (TPSA) is 69.7 Å². The first-order chi connectivity index (χ1) is 13.0. The van der Waals surface area contributed by atoms with Gasteiger partial charge in [-0.1, -0.05) is 12.1 Å². The average molecular weight is 406 g/mol. The Bertz CT molecular complexity index is 918. The van der Waals surface area contributed by atoms with Gasteiger partial charge in [0.05, 0.1) is 6.54 Å². The van der Waals surface area contributed by atoms with Crippen molar-refractivity contribution < 1.29 is 13.2 Å². The van der Waals surface area contributed by atoms with Crippen LogP contribution in [0.5, 0.6) is 0 Å². The van der Waals surface area contributed by atoms with Crippen molar-refractivity contribution in [3.05, 3.63) is 46.8 Å². The van der Waals surface area contributed by atoms with Crippen LogP contribution in [0.4, 0.5) is 5.69 Å². The molecule has 2 aliphatic rings. The van der Waals surface area contributed by atoms with E-state index in [1.165, 1.54) is 33.2 Å². The number of piperazine rings is 1. The van der Waals surface area contributed by atoms with E-state index in [0.717, 1.165) is 18.5 Å². The number of benzene rings is 1. The molecule has 0 atom stereocenters. The quantitative estimate of drug-likeness (QED) is 0.828. The minimum atomic E-state index is -3.40. The Labute approximate surface area is 163 Å². The van der Waals surface area contributed by atoms with Gasteiger partial charge in [-0.2, -0.15) is 4.31 Å². The lowest BCUT2D eigenvalue weighted by atomic mass is 10.1. The van der Waals surface area contributed by atoms with Gasteiger partial charge in [0.2, 0.25) is 5.91 Å². The molecule has 144 valence electrons. The number of amides is 1. The summed E-state index contributed by atoms with van der Waals surface area (Å²) in [6.45, 7) is 2.22. The fraction of sp³-hybridized carbons (Fsp3) is 0.421. The number of carbonyl (C=O) groups excluding carboxylic acids is 1. The number of aryl methyl sites for hydroxylation is 2. The Hall–Kier alpha value is -1.74. The third-order valence-electron chi connectivity index (χ3n) is 5.17. The lowest BCUT2D eigenvalue weighted by Crippen LogP contribution is -2.50. The van der Waals surface area contributed by atoms with Crippen LogP contribution in [0.25, 0.3) is 0 Å². The van der Waals surface area contributed by atoms with E-state index < -0.39 is 10.0 Å². The van der Waals surface area contributed by atoms with Gasteiger partial charge in [-0.3, -0.25) is 9.69 Å². The van der Waals surface area contributed by atoms with Gasteiger partial charge in [0, 0.05) is 31.9 Å². The number of hydrogen-bond acceptors (Lipinski definition) is 5. The number of hydrogen-bond donors (Lipinski definition) is 1. The van der Waals surface area contributed by atoms with Crippen LogP contribution in [0, 0.1) is 0 Å². The van der Waals surface area contributed by atoms with Crippen LogP contribution >= 0.6 is 11.3 Å². The highest BCUT2D eigenvalue weighted by molar-refractivity contribution is 7.91. The summed E-state index contributed by atoms with van der Waals surface area (Å²) in [7, 11) is -3.40. The minimum absolute atomic E-state index is 0.0532. The molecule has 1 aromatic carbocycles. The molecule has 6 nitrogen and oxygen atoms in total. The molecule has 1 N–H and O–H groups in total. The lowest BCUT2D eigenvalue weighted by molar-refractivity contribution is -0.117. The summed E-state index contributed by atoms with van der Waals surface area (Å²) in [5.41, 5.74) is 3.57. The van der Waals surface area contributed by atoms with E-state index in [2.05, 4.69) is 17.4 Å². The number of thiophene rings is 1. The average Bonchev–Trinajstić information content (AvgIpc) is 3.34. The van der Waals surface area contributed by atoms with E-state index >= 15 is 0 Å². The number of sulfonamides is 1. The van der Waals surface area contributed by atoms with E-state index in [-0.39, 0.29) is 12.5 Å². The lowest BCUT2D eigenvalue weighted by Gasteiger charge is -2.33. The first-order valence-corrected chi connectivity index (χ1v) is 11.5. The van der Waals surface area contributed by atoms with Crippen LogP contribution < -0.4 is 5.32 Å². The third-order valence-corrected chi connectivity index (χ3v) is 8.44. The van der Waals surface area contributed by atoms with Crippen molar-refractivity contribution in [3.8, 4) is 0 Å². The van der Waals surface area contributed by atoms with E-state index in [1.54, 1.807) is 17.5 Å². The molecule has 1 aliphatic heterocycles. The number of carbonyl (C=O) groups is 1. The van der Waals surface area contributed by atoms with E-state index in [0.29, 0.717) is 30.4 Å². The summed E-state index contributed by atoms with van der Waals surface area (Å²) < 4.78 is 27.0. The molecule has 0 saturated carbocycles. The van der Waals surface area contributed by atoms with Crippen molar-refractivity contribution in [2.24, 2.45) is 0 Å². The number of nitrogens with one attached hydrogen (secondary N) is 1. The van der Waals surface area contributed by atoms with E-state index in [1.807, 2.05) is 11.0 Å². The Morgan fingerprint density at radius 1 is 1.07 bits per heavy atom. The van der Waals surface area contributed by atoms with Crippen LogP contribution in [-0.2, 0) is 27.7 Å². The molecule has 27 heavy (non-hydrogen) atoms. The first-order valence-electron chi connectivity index (χ1n) is 9.20. The largest absolute Gasteiger partial charge is 0.325 e. The predicted octanol–water partition coefficient (Wildman–Crippen LogP) is 2.18. The second-order valence-corrected chi connectivity index (χ2v) is 10.1. The Morgan fingerprint density at radius 3 is 2.59 bits per heavy atom. The SMILES string of the molecule is O=C(CN1CCN(S(=O)(=O)c2cccs2)CC1)Nc1ccc2c(c1)CCC2. The molecule has 1 aliphatic carbocycles. The van der Waals surface area contributed by atoms with Crippen LogP contribution in [-0.4, -0.2) is 56.3 Å². The maximum absolute atomic E-state index is 12.5. The molecule has 1 saturated heterocycles. The zero-order chi connectivity index (χ0) is 18.9. The van der Waals surface area contributed by atoms with Gasteiger partial charge in [-0.25, -0.2) is 8.42 Å². The standard InChI is InChI=1S/C19H23N3O3S2/c23-18(20-17-7-6-15-3-1-4-16(15)13-17)14-21-8-10-22(11-9-21)27(24,25)19-5-2-12-26-19/h2,5-7,12-13H,1,3-4,8-11,14H2,(H,20,23). The molecule has 1 aromatic heterocycles. The summed E-state index contributed by atoms with van der Waals surface area (Å²) in [5.74, 6) is -0.0532. The van der Waals surface area contributed by atoms with Gasteiger partial charge >= 0.3 is 0 Å². The highest BCUT2D eigenvalue weighted by Gasteiger charge is 2.29. The fourth-order valence-electron chi connectivity index (χ4n) is 3.72. The second-order valence-electron chi connectivity index (χ2n) is 7.00. The minimum Gasteiger partial charge on any atom is -0.325 e. The maximum atomic E-state index is 12.5. The van der Waals surface area contributed by atoms with Gasteiger partial charge in [-0.15, -0.1) is 11.3 Å². The molecule has 2 heterocycles. The molecular weight excluding hydrogens is 382 g/mol. The van der Waals surface area contributed by atoms with Gasteiger partial charge in [0.15, 0.2) is 0 Å². The first kappa shape index (κ1) is 18.6. The zero-order valence-electron chi connectivity index (χ0n) is 15.1. The number of anilines is 1. The van der Waals surface area contributed by atoms with Gasteiger partial charge in [0.25, 0.3) is 10.0 Å². The fourth-order valence-corrected chi connectivity index (χ4v) is 6.29. The summed E-state index contributed by atoms with van der Waals surface area (Å²) >= 11 is 1.24. The second kappa shape index (κ2) is 7.71. The highest BCUT2D eigenvalue weighted by atomic mass is 32.2. The summed E-state index contributed by atoms with van der Waals surface area (Å²) in [6.07, 6.45) is 3.40. The van der Waals surface area contributed by atoms with Crippen molar-refractivity contribution in [3.63, 3.8) is 0 Å². The summed E-state index contributed by atoms with van der Waals surface area (Å²) in [5, 5.41) is 4.74. The van der Waals surface area contributed by atoms with Crippen LogP contribution in [0.15, 0.2) is 39.9 Å². The molecule has 0 bridgehead atoms. The number of rotatable bonds is 5. The van der Waals surface area contributed by atoms with Crippen LogP contribution in [0.1, 0.15) is 17.5 Å². The normalized spacial score (nSPS) is 18.4. The number of nitrogens with zero attached hydrogens (tertiary/aromatic N) is 2. The molecule has 0 radical (unpaired) electrons.